The minimum Gasteiger partial charge on any atom is -0.361 e. The minimum absolute atomic E-state index is 0.529. The number of nitrogens with zero attached hydrogens (tertiary/aromatic N) is 1. The fraction of sp³-hybridized carbons (Fsp3) is 0.429. The molecule has 2 aromatic carbocycles. The van der Waals surface area contributed by atoms with Gasteiger partial charge in [0.05, 0.1) is 11.4 Å². The summed E-state index contributed by atoms with van der Waals surface area (Å²) < 4.78 is 11.3. The van der Waals surface area contributed by atoms with E-state index in [1.165, 1.54) is 37.9 Å². The molecule has 140 valence electrons. The first-order valence-corrected chi connectivity index (χ1v) is 9.96. The molecule has 1 N–H and O–H groups in total. The van der Waals surface area contributed by atoms with Crippen molar-refractivity contribution in [2.75, 3.05) is 36.9 Å². The Balaban J connectivity index is 1.94. The summed E-state index contributed by atoms with van der Waals surface area (Å²) in [5.74, 6) is 0. The van der Waals surface area contributed by atoms with Crippen LogP contribution in [0.1, 0.15) is 30.5 Å². The van der Waals surface area contributed by atoms with E-state index in [-0.39, 0.29) is 0 Å². The number of hydrogen-bond acceptors (Lipinski definition) is 5. The molecule has 1 heterocycles. The summed E-state index contributed by atoms with van der Waals surface area (Å²) in [5, 5.41) is 3.65. The highest BCUT2D eigenvalue weighted by atomic mass is 32.2. The SMILES string of the molecule is CCOCN(COCC)c1cc(C)c2c(c1)Sc1cc(C)cc(C)c1N2. The number of rotatable bonds is 7. The predicted molar refractivity (Wildman–Crippen MR) is 110 cm³/mol. The number of nitrogens with one attached hydrogen (secondary N) is 1. The lowest BCUT2D eigenvalue weighted by atomic mass is 10.1. The molecule has 0 aromatic heterocycles. The van der Waals surface area contributed by atoms with Crippen molar-refractivity contribution in [3.05, 3.63) is 41.0 Å². The lowest BCUT2D eigenvalue weighted by Gasteiger charge is -2.29. The van der Waals surface area contributed by atoms with Gasteiger partial charge in [0, 0.05) is 28.7 Å². The largest absolute Gasteiger partial charge is 0.361 e. The first-order valence-electron chi connectivity index (χ1n) is 9.14. The summed E-state index contributed by atoms with van der Waals surface area (Å²) in [6.07, 6.45) is 0. The monoisotopic (exact) mass is 372 g/mol. The van der Waals surface area contributed by atoms with Crippen molar-refractivity contribution in [1.82, 2.24) is 0 Å². The molecule has 0 amide bonds. The van der Waals surface area contributed by atoms with Crippen molar-refractivity contribution >= 4 is 28.8 Å². The lowest BCUT2D eigenvalue weighted by molar-refractivity contribution is 0.0959. The van der Waals surface area contributed by atoms with Gasteiger partial charge in [-0.15, -0.1) is 0 Å². The lowest BCUT2D eigenvalue weighted by Crippen LogP contribution is -2.29. The van der Waals surface area contributed by atoms with Crippen LogP contribution >= 0.6 is 11.8 Å². The Morgan fingerprint density at radius 3 is 2.04 bits per heavy atom. The van der Waals surface area contributed by atoms with Crippen LogP contribution in [0.4, 0.5) is 17.1 Å². The van der Waals surface area contributed by atoms with Crippen LogP contribution in [0.25, 0.3) is 0 Å². The number of ether oxygens (including phenoxy) is 2. The van der Waals surface area contributed by atoms with Crippen molar-refractivity contribution < 1.29 is 9.47 Å². The van der Waals surface area contributed by atoms with Crippen molar-refractivity contribution in [2.24, 2.45) is 0 Å². The van der Waals surface area contributed by atoms with Gasteiger partial charge in [-0.1, -0.05) is 17.8 Å². The third kappa shape index (κ3) is 4.00. The van der Waals surface area contributed by atoms with Crippen LogP contribution in [0.2, 0.25) is 0 Å². The average Bonchev–Trinajstić information content (AvgIpc) is 2.60. The topological polar surface area (TPSA) is 33.7 Å². The molecule has 2 aromatic rings. The zero-order valence-corrected chi connectivity index (χ0v) is 17.1. The van der Waals surface area contributed by atoms with Crippen molar-refractivity contribution in [2.45, 2.75) is 44.4 Å². The number of benzene rings is 2. The van der Waals surface area contributed by atoms with Gasteiger partial charge in [-0.25, -0.2) is 0 Å². The number of fused-ring (bicyclic) bond motifs is 2. The highest BCUT2D eigenvalue weighted by Crippen LogP contribution is 2.48. The van der Waals surface area contributed by atoms with Gasteiger partial charge in [0.2, 0.25) is 0 Å². The first kappa shape index (κ1) is 19.1. The zero-order chi connectivity index (χ0) is 18.7. The van der Waals surface area contributed by atoms with Gasteiger partial charge < -0.3 is 19.7 Å². The Morgan fingerprint density at radius 1 is 0.846 bits per heavy atom. The van der Waals surface area contributed by atoms with E-state index in [1.54, 1.807) is 0 Å². The second-order valence-electron chi connectivity index (χ2n) is 6.60. The fourth-order valence-corrected chi connectivity index (χ4v) is 4.45. The quantitative estimate of drug-likeness (QED) is 0.545. The Hall–Kier alpha value is -1.69. The molecule has 4 nitrogen and oxygen atoms in total. The molecule has 0 saturated carbocycles. The van der Waals surface area contributed by atoms with E-state index in [4.69, 9.17) is 9.47 Å². The third-order valence-electron chi connectivity index (χ3n) is 4.47. The maximum Gasteiger partial charge on any atom is 0.120 e. The number of hydrogen-bond donors (Lipinski definition) is 1. The second-order valence-corrected chi connectivity index (χ2v) is 7.69. The van der Waals surface area contributed by atoms with Gasteiger partial charge in [0.15, 0.2) is 0 Å². The van der Waals surface area contributed by atoms with Gasteiger partial charge in [-0.05, 0) is 69.5 Å². The Bertz CT molecular complexity index is 784. The molecule has 5 heteroatoms. The average molecular weight is 373 g/mol. The van der Waals surface area contributed by atoms with Crippen LogP contribution in [0.5, 0.6) is 0 Å². The van der Waals surface area contributed by atoms with Crippen molar-refractivity contribution in [3.63, 3.8) is 0 Å². The zero-order valence-electron chi connectivity index (χ0n) is 16.3. The van der Waals surface area contributed by atoms with Crippen LogP contribution < -0.4 is 10.2 Å². The van der Waals surface area contributed by atoms with Crippen LogP contribution in [0, 0.1) is 20.8 Å². The molecule has 0 fully saturated rings. The number of aryl methyl sites for hydroxylation is 3. The third-order valence-corrected chi connectivity index (χ3v) is 5.55. The van der Waals surface area contributed by atoms with E-state index in [2.05, 4.69) is 55.3 Å². The molecule has 1 aliphatic heterocycles. The van der Waals surface area contributed by atoms with Gasteiger partial charge in [-0.3, -0.25) is 0 Å². The highest BCUT2D eigenvalue weighted by Gasteiger charge is 2.21. The Kier molecular flexibility index (Phi) is 6.12. The summed E-state index contributed by atoms with van der Waals surface area (Å²) in [4.78, 5) is 4.67. The molecule has 0 unspecified atom stereocenters. The maximum atomic E-state index is 5.64. The molecule has 0 atom stereocenters. The van der Waals surface area contributed by atoms with Crippen molar-refractivity contribution in [3.8, 4) is 0 Å². The minimum atomic E-state index is 0.529. The molecule has 0 saturated heterocycles. The first-order chi connectivity index (χ1) is 12.5. The van der Waals surface area contributed by atoms with Crippen LogP contribution in [-0.4, -0.2) is 26.7 Å². The number of anilines is 3. The summed E-state index contributed by atoms with van der Waals surface area (Å²) >= 11 is 1.83. The van der Waals surface area contributed by atoms with E-state index < -0.39 is 0 Å². The van der Waals surface area contributed by atoms with E-state index in [0.717, 1.165) is 5.69 Å². The standard InChI is InChI=1S/C21H28N2O2S/c1-6-24-12-23(13-25-7-2)17-10-16(5)21-19(11-17)26-18-9-14(3)8-15(4)20(18)22-21/h8-11,22H,6-7,12-13H2,1-5H3. The van der Waals surface area contributed by atoms with Gasteiger partial charge in [-0.2, -0.15) is 0 Å². The van der Waals surface area contributed by atoms with Crippen LogP contribution in [0.15, 0.2) is 34.1 Å². The maximum absolute atomic E-state index is 5.64. The van der Waals surface area contributed by atoms with E-state index >= 15 is 0 Å². The van der Waals surface area contributed by atoms with Gasteiger partial charge in [0.25, 0.3) is 0 Å². The molecule has 1 aliphatic rings. The van der Waals surface area contributed by atoms with Gasteiger partial charge >= 0.3 is 0 Å². The molecule has 3 rings (SSSR count). The van der Waals surface area contributed by atoms with E-state index in [1.807, 2.05) is 25.6 Å². The predicted octanol–water partition coefficient (Wildman–Crippen LogP) is 5.61. The van der Waals surface area contributed by atoms with E-state index in [9.17, 15) is 0 Å². The fourth-order valence-electron chi connectivity index (χ4n) is 3.16. The van der Waals surface area contributed by atoms with E-state index in [0.29, 0.717) is 26.7 Å². The molecule has 26 heavy (non-hydrogen) atoms. The molecular weight excluding hydrogens is 344 g/mol. The van der Waals surface area contributed by atoms with Crippen LogP contribution in [0.3, 0.4) is 0 Å². The Labute approximate surface area is 160 Å². The molecular formula is C21H28N2O2S. The molecule has 0 spiro atoms. The second kappa shape index (κ2) is 8.33. The Morgan fingerprint density at radius 2 is 1.42 bits per heavy atom. The molecule has 0 radical (unpaired) electrons. The van der Waals surface area contributed by atoms with Crippen LogP contribution in [-0.2, 0) is 9.47 Å². The summed E-state index contributed by atoms with van der Waals surface area (Å²) in [6, 6.07) is 8.92. The van der Waals surface area contributed by atoms with Crippen molar-refractivity contribution in [1.29, 1.82) is 0 Å². The summed E-state index contributed by atoms with van der Waals surface area (Å²) in [5.41, 5.74) is 7.37. The summed E-state index contributed by atoms with van der Waals surface area (Å²) in [7, 11) is 0. The molecule has 0 bridgehead atoms. The normalized spacial score (nSPS) is 12.3. The smallest absolute Gasteiger partial charge is 0.120 e. The highest BCUT2D eigenvalue weighted by molar-refractivity contribution is 7.99. The van der Waals surface area contributed by atoms with Gasteiger partial charge in [0.1, 0.15) is 13.5 Å². The molecule has 0 aliphatic carbocycles. The summed E-state index contributed by atoms with van der Waals surface area (Å²) in [6.45, 7) is 12.9.